The molecule has 0 unspecified atom stereocenters. The minimum atomic E-state index is -0.826. The molecule has 1 aromatic heterocycles. The van der Waals surface area contributed by atoms with Crippen LogP contribution in [0.3, 0.4) is 0 Å². The van der Waals surface area contributed by atoms with Crippen LogP contribution in [0.4, 0.5) is 18.9 Å². The van der Waals surface area contributed by atoms with Gasteiger partial charge in [-0.25, -0.2) is 13.2 Å². The number of methoxy groups -OCH3 is 1. The lowest BCUT2D eigenvalue weighted by Crippen LogP contribution is -2.22. The molecule has 2 aromatic carbocycles. The molecule has 3 aromatic rings. The topological polar surface area (TPSA) is 54.1 Å². The van der Waals surface area contributed by atoms with Gasteiger partial charge in [-0.2, -0.15) is 0 Å². The van der Waals surface area contributed by atoms with Crippen molar-refractivity contribution < 1.29 is 22.7 Å². The van der Waals surface area contributed by atoms with E-state index in [4.69, 9.17) is 4.74 Å². The second-order valence-electron chi connectivity index (χ2n) is 6.84. The van der Waals surface area contributed by atoms with Crippen LogP contribution in [0.2, 0.25) is 0 Å². The number of hydrogen-bond acceptors (Lipinski definition) is 2. The zero-order valence-electron chi connectivity index (χ0n) is 17.6. The second-order valence-corrected chi connectivity index (χ2v) is 6.84. The first-order valence-corrected chi connectivity index (χ1v) is 9.60. The highest BCUT2D eigenvalue weighted by molar-refractivity contribution is 6.00. The Kier molecular flexibility index (Phi) is 6.68. The minimum Gasteiger partial charge on any atom is -0.493 e. The van der Waals surface area contributed by atoms with Gasteiger partial charge in [-0.1, -0.05) is 25.3 Å². The molecule has 4 nitrogen and oxygen atoms in total. The van der Waals surface area contributed by atoms with Gasteiger partial charge in [0.25, 0.3) is 0 Å². The SMILES string of the molecule is C=CC(=O)Nc1cc(C(/C=c2/c(-c3cc(F)cc(F)c3OC)c[nH]c2=C)=C/C)ccc1F. The second kappa shape index (κ2) is 9.43. The van der Waals surface area contributed by atoms with Crippen LogP contribution in [0.15, 0.2) is 55.3 Å². The van der Waals surface area contributed by atoms with E-state index in [0.29, 0.717) is 27.3 Å². The van der Waals surface area contributed by atoms with Gasteiger partial charge in [0, 0.05) is 34.0 Å². The molecule has 0 bridgehead atoms. The molecule has 3 rings (SSSR count). The van der Waals surface area contributed by atoms with E-state index in [2.05, 4.69) is 23.5 Å². The van der Waals surface area contributed by atoms with Crippen molar-refractivity contribution in [2.24, 2.45) is 0 Å². The number of carbonyl (C=O) groups excluding carboxylic acids is 1. The smallest absolute Gasteiger partial charge is 0.247 e. The molecule has 7 heteroatoms. The molecule has 0 fully saturated rings. The van der Waals surface area contributed by atoms with Gasteiger partial charge in [-0.3, -0.25) is 4.79 Å². The summed E-state index contributed by atoms with van der Waals surface area (Å²) in [5.74, 6) is -2.81. The maximum Gasteiger partial charge on any atom is 0.247 e. The number of carbonyl (C=O) groups is 1. The molecule has 0 spiro atoms. The Bertz CT molecular complexity index is 1340. The fourth-order valence-corrected chi connectivity index (χ4v) is 3.31. The summed E-state index contributed by atoms with van der Waals surface area (Å²) in [5, 5.41) is 3.50. The van der Waals surface area contributed by atoms with Gasteiger partial charge >= 0.3 is 0 Å². The highest BCUT2D eigenvalue weighted by Gasteiger charge is 2.16. The Morgan fingerprint density at radius 3 is 2.53 bits per heavy atom. The molecular formula is C25H21F3N2O2. The number of aromatic nitrogens is 1. The van der Waals surface area contributed by atoms with Crippen molar-refractivity contribution in [2.45, 2.75) is 6.92 Å². The van der Waals surface area contributed by atoms with Crippen LogP contribution in [-0.2, 0) is 4.79 Å². The molecule has 164 valence electrons. The van der Waals surface area contributed by atoms with Crippen LogP contribution in [0.25, 0.3) is 29.4 Å². The maximum absolute atomic E-state index is 14.3. The van der Waals surface area contributed by atoms with Crippen LogP contribution in [0, 0.1) is 17.5 Å². The lowest BCUT2D eigenvalue weighted by atomic mass is 10.00. The average molecular weight is 438 g/mol. The van der Waals surface area contributed by atoms with Crippen LogP contribution >= 0.6 is 0 Å². The van der Waals surface area contributed by atoms with Crippen molar-refractivity contribution in [1.82, 2.24) is 4.98 Å². The number of aromatic amines is 1. The first kappa shape index (κ1) is 22.7. The number of halogens is 3. The highest BCUT2D eigenvalue weighted by atomic mass is 19.1. The molecule has 2 N–H and O–H groups in total. The van der Waals surface area contributed by atoms with E-state index in [9.17, 15) is 18.0 Å². The van der Waals surface area contributed by atoms with Crippen LogP contribution < -0.4 is 20.6 Å². The predicted octanol–water partition coefficient (Wildman–Crippen LogP) is 4.53. The fourth-order valence-electron chi connectivity index (χ4n) is 3.31. The largest absolute Gasteiger partial charge is 0.493 e. The van der Waals surface area contributed by atoms with E-state index in [1.807, 2.05) is 0 Å². The number of hydrogen-bond donors (Lipinski definition) is 2. The van der Waals surface area contributed by atoms with Crippen molar-refractivity contribution in [3.05, 3.63) is 88.8 Å². The molecule has 0 saturated carbocycles. The number of nitrogens with one attached hydrogen (secondary N) is 2. The molecular weight excluding hydrogens is 417 g/mol. The third kappa shape index (κ3) is 4.51. The maximum atomic E-state index is 14.3. The minimum absolute atomic E-state index is 0.00170. The third-order valence-corrected chi connectivity index (χ3v) is 4.86. The zero-order valence-corrected chi connectivity index (χ0v) is 17.6. The van der Waals surface area contributed by atoms with Crippen LogP contribution in [-0.4, -0.2) is 18.0 Å². The zero-order chi connectivity index (χ0) is 23.4. The van der Waals surface area contributed by atoms with Crippen molar-refractivity contribution in [3.63, 3.8) is 0 Å². The summed E-state index contributed by atoms with van der Waals surface area (Å²) >= 11 is 0. The Morgan fingerprint density at radius 1 is 1.12 bits per heavy atom. The Morgan fingerprint density at radius 2 is 1.88 bits per heavy atom. The van der Waals surface area contributed by atoms with E-state index in [1.165, 1.54) is 25.3 Å². The monoisotopic (exact) mass is 438 g/mol. The number of benzene rings is 2. The Labute approximate surface area is 183 Å². The fraction of sp³-hybridized carbons (Fsp3) is 0.0800. The summed E-state index contributed by atoms with van der Waals surface area (Å²) in [4.78, 5) is 14.6. The summed E-state index contributed by atoms with van der Waals surface area (Å²) in [7, 11) is 1.30. The average Bonchev–Trinajstić information content (AvgIpc) is 3.12. The molecule has 0 aliphatic heterocycles. The van der Waals surface area contributed by atoms with Gasteiger partial charge < -0.3 is 15.0 Å². The quantitative estimate of drug-likeness (QED) is 0.556. The molecule has 32 heavy (non-hydrogen) atoms. The molecule has 1 heterocycles. The first-order valence-electron chi connectivity index (χ1n) is 9.60. The highest BCUT2D eigenvalue weighted by Crippen LogP contribution is 2.31. The van der Waals surface area contributed by atoms with Gasteiger partial charge in [0.05, 0.1) is 12.8 Å². The number of amides is 1. The van der Waals surface area contributed by atoms with Crippen LogP contribution in [0.5, 0.6) is 5.75 Å². The molecule has 1 amide bonds. The van der Waals surface area contributed by atoms with E-state index in [-0.39, 0.29) is 17.0 Å². The van der Waals surface area contributed by atoms with Crippen molar-refractivity contribution in [2.75, 3.05) is 12.4 Å². The van der Waals surface area contributed by atoms with Gasteiger partial charge in [0.15, 0.2) is 11.6 Å². The number of allylic oxidation sites excluding steroid dienone is 2. The number of ether oxygens (including phenoxy) is 1. The summed E-state index contributed by atoms with van der Waals surface area (Å²) in [5.41, 5.74) is 1.97. The van der Waals surface area contributed by atoms with E-state index < -0.39 is 23.4 Å². The number of H-pyrrole nitrogens is 1. The third-order valence-electron chi connectivity index (χ3n) is 4.86. The van der Waals surface area contributed by atoms with Gasteiger partial charge in [-0.05, 0) is 48.4 Å². The van der Waals surface area contributed by atoms with E-state index >= 15 is 0 Å². The van der Waals surface area contributed by atoms with E-state index in [1.54, 1.807) is 31.3 Å². The normalized spacial score (nSPS) is 12.0. The molecule has 0 aliphatic carbocycles. The molecule has 0 saturated heterocycles. The number of rotatable bonds is 6. The Balaban J connectivity index is 2.18. The lowest BCUT2D eigenvalue weighted by molar-refractivity contribution is -0.111. The van der Waals surface area contributed by atoms with Crippen LogP contribution in [0.1, 0.15) is 12.5 Å². The summed E-state index contributed by atoms with van der Waals surface area (Å²) < 4.78 is 47.5. The summed E-state index contributed by atoms with van der Waals surface area (Å²) in [6.45, 7) is 9.10. The van der Waals surface area contributed by atoms with Gasteiger partial charge in [-0.15, -0.1) is 0 Å². The van der Waals surface area contributed by atoms with Crippen molar-refractivity contribution in [1.29, 1.82) is 0 Å². The lowest BCUT2D eigenvalue weighted by Gasteiger charge is -2.10. The van der Waals surface area contributed by atoms with Gasteiger partial charge in [0.2, 0.25) is 5.91 Å². The molecule has 0 atom stereocenters. The summed E-state index contributed by atoms with van der Waals surface area (Å²) in [6.07, 6.45) is 6.16. The van der Waals surface area contributed by atoms with E-state index in [0.717, 1.165) is 12.1 Å². The molecule has 0 aliphatic rings. The number of anilines is 1. The first-order chi connectivity index (χ1) is 15.3. The summed E-state index contributed by atoms with van der Waals surface area (Å²) in [6, 6.07) is 6.21. The Hall–Kier alpha value is -4.00. The predicted molar refractivity (Wildman–Crippen MR) is 121 cm³/mol. The van der Waals surface area contributed by atoms with Crippen molar-refractivity contribution in [3.8, 4) is 16.9 Å². The standard InChI is InChI=1S/C25H21F3N2O2/c1-5-15(16-7-8-21(27)23(10-16)30-24(31)6-2)9-18-14(3)29-13-20(18)19-11-17(26)12-22(28)25(19)32-4/h5-13,29H,2-3H2,1,4H3,(H,30,31)/b15-5+,18-9+. The van der Waals surface area contributed by atoms with Gasteiger partial charge in [0.1, 0.15) is 11.6 Å². The molecule has 0 radical (unpaired) electrons. The van der Waals surface area contributed by atoms with Crippen molar-refractivity contribution >= 4 is 29.8 Å².